The van der Waals surface area contributed by atoms with Crippen molar-refractivity contribution in [3.05, 3.63) is 70.6 Å². The summed E-state index contributed by atoms with van der Waals surface area (Å²) in [6.45, 7) is 21.9. The Labute approximate surface area is 291 Å². The quantitative estimate of drug-likeness (QED) is 0.0390. The van der Waals surface area contributed by atoms with Crippen LogP contribution in [0, 0.1) is 11.3 Å². The zero-order chi connectivity index (χ0) is 36.1. The van der Waals surface area contributed by atoms with Crippen molar-refractivity contribution in [3.8, 4) is 6.07 Å². The molecule has 2 saturated heterocycles. The van der Waals surface area contributed by atoms with E-state index in [1.807, 2.05) is 66.8 Å². The minimum Gasteiger partial charge on any atom is -0.513 e. The number of nitriles is 1. The van der Waals surface area contributed by atoms with Crippen molar-refractivity contribution in [3.63, 3.8) is 0 Å². The molecule has 3 rings (SSSR count). The van der Waals surface area contributed by atoms with Gasteiger partial charge in [-0.3, -0.25) is 19.4 Å². The Bertz CT molecular complexity index is 1230. The maximum Gasteiger partial charge on any atom is 0.243 e. The fourth-order valence-electron chi connectivity index (χ4n) is 5.85. The largest absolute Gasteiger partial charge is 0.513 e. The molecular weight excluding hydrogens is 600 g/mol. The van der Waals surface area contributed by atoms with Crippen LogP contribution in [0.5, 0.6) is 0 Å². The molecule has 9 heteroatoms. The highest BCUT2D eigenvalue weighted by Crippen LogP contribution is 2.27. The Kier molecular flexibility index (Phi) is 20.9. The van der Waals surface area contributed by atoms with Gasteiger partial charge in [0.05, 0.1) is 11.8 Å². The molecule has 0 aromatic heterocycles. The van der Waals surface area contributed by atoms with E-state index in [9.17, 15) is 9.59 Å². The van der Waals surface area contributed by atoms with Crippen molar-refractivity contribution < 1.29 is 14.7 Å². The van der Waals surface area contributed by atoms with Gasteiger partial charge in [-0.15, -0.1) is 0 Å². The molecule has 1 unspecified atom stereocenters. The summed E-state index contributed by atoms with van der Waals surface area (Å²) in [7, 11) is 1.83. The summed E-state index contributed by atoms with van der Waals surface area (Å²) in [5.74, 6) is -0.0829. The summed E-state index contributed by atoms with van der Waals surface area (Å²) in [4.78, 5) is 27.9. The fourth-order valence-corrected chi connectivity index (χ4v) is 5.85. The third-order valence-corrected chi connectivity index (χ3v) is 9.23. The molecule has 3 fully saturated rings. The van der Waals surface area contributed by atoms with Crippen LogP contribution in [0.25, 0.3) is 0 Å². The van der Waals surface area contributed by atoms with Crippen LogP contribution in [-0.2, 0) is 9.59 Å². The van der Waals surface area contributed by atoms with E-state index in [0.717, 1.165) is 73.5 Å². The Balaban J connectivity index is 0.000000412. The van der Waals surface area contributed by atoms with Crippen LogP contribution < -0.4 is 16.0 Å². The molecule has 1 saturated carbocycles. The molecule has 268 valence electrons. The maximum absolute atomic E-state index is 11.8. The number of likely N-dealkylation sites (tertiary alicyclic amines) is 2. The summed E-state index contributed by atoms with van der Waals surface area (Å²) in [5.41, 5.74) is 4.62. The molecule has 0 spiro atoms. The van der Waals surface area contributed by atoms with Crippen molar-refractivity contribution in [2.45, 2.75) is 124 Å². The van der Waals surface area contributed by atoms with Crippen LogP contribution in [0.3, 0.4) is 0 Å². The topological polar surface area (TPSA) is 121 Å². The summed E-state index contributed by atoms with van der Waals surface area (Å²) in [6, 6.07) is 4.27. The fraction of sp³-hybridized carbons (Fsp3) is 0.615. The van der Waals surface area contributed by atoms with E-state index in [-0.39, 0.29) is 0 Å². The lowest BCUT2D eigenvalue weighted by molar-refractivity contribution is -0.127. The third-order valence-electron chi connectivity index (χ3n) is 9.23. The van der Waals surface area contributed by atoms with E-state index in [1.54, 1.807) is 6.08 Å². The number of aliphatic hydroxyl groups excluding tert-OH is 1. The van der Waals surface area contributed by atoms with Crippen LogP contribution in [0.1, 0.15) is 106 Å². The number of ketones is 1. The Hall–Kier alpha value is -3.61. The number of Topliss-reactive ketones (excluding diaryl/α,β-unsaturated/α-hetero) is 1. The van der Waals surface area contributed by atoms with E-state index in [4.69, 9.17) is 10.4 Å². The molecule has 0 radical (unpaired) electrons. The second-order valence-corrected chi connectivity index (χ2v) is 12.7. The van der Waals surface area contributed by atoms with Crippen LogP contribution in [0.2, 0.25) is 0 Å². The van der Waals surface area contributed by atoms with Crippen molar-refractivity contribution in [1.29, 1.82) is 5.26 Å². The number of nitrogens with one attached hydrogen (secondary N) is 3. The number of aliphatic hydroxyl groups is 1. The second kappa shape index (κ2) is 23.7. The maximum atomic E-state index is 11.8. The zero-order valence-electron chi connectivity index (χ0n) is 31.1. The molecule has 0 amide bonds. The van der Waals surface area contributed by atoms with Gasteiger partial charge in [0.1, 0.15) is 5.70 Å². The predicted octanol–water partition coefficient (Wildman–Crippen LogP) is 6.95. The number of carbonyl (C=O) groups is 2. The van der Waals surface area contributed by atoms with Gasteiger partial charge in [-0.1, -0.05) is 39.0 Å². The first kappa shape index (κ1) is 42.4. The summed E-state index contributed by atoms with van der Waals surface area (Å²) in [6.07, 6.45) is 18.6. The van der Waals surface area contributed by atoms with Gasteiger partial charge in [0.25, 0.3) is 0 Å². The number of hydrogen-bond acceptors (Lipinski definition) is 9. The van der Waals surface area contributed by atoms with Crippen LogP contribution in [0.4, 0.5) is 0 Å². The van der Waals surface area contributed by atoms with Crippen molar-refractivity contribution in [1.82, 2.24) is 25.8 Å². The lowest BCUT2D eigenvalue weighted by atomic mass is 9.93. The molecule has 3 aliphatic rings. The molecular formula is C39H64N6O3. The number of hydrogen-bond donors (Lipinski definition) is 4. The van der Waals surface area contributed by atoms with Gasteiger partial charge in [0, 0.05) is 60.8 Å². The number of carbonyl (C=O) groups excluding carboxylic acids is 2. The average Bonchev–Trinajstić information content (AvgIpc) is 3.95. The highest BCUT2D eigenvalue weighted by molar-refractivity contribution is 6.33. The molecule has 48 heavy (non-hydrogen) atoms. The SMILES string of the molecule is C/C=C(/O)CC.C/C=C(\C=C(\C)NC)N/C(C(=O)C=O)=C(/C)NC1CC1.C=C/C(CN1CCC(N2CCCCC2CC)CC1)=C(\C)C#N. The minimum atomic E-state index is -0.550. The van der Waals surface area contributed by atoms with E-state index in [2.05, 4.69) is 45.3 Å². The molecule has 0 aromatic rings. The van der Waals surface area contributed by atoms with E-state index in [0.29, 0.717) is 29.5 Å². The number of rotatable bonds is 14. The average molecular weight is 665 g/mol. The van der Waals surface area contributed by atoms with E-state index >= 15 is 0 Å². The van der Waals surface area contributed by atoms with Crippen molar-refractivity contribution in [2.24, 2.45) is 0 Å². The molecule has 1 atom stereocenters. The number of piperidine rings is 2. The lowest BCUT2D eigenvalue weighted by Crippen LogP contribution is -2.51. The standard InChI is InChI=1S/C19H31N3.C15H23N3O2.C5H10O/c1-4-17(16(3)14-20)15-21-12-9-19(10-13-21)22-11-7-6-8-18(22)5-2;1-5-12(8-10(2)16-4)18-15(14(20)9-19)11(3)17-13-6-7-13;1-3-5(6)4-2/h4,18-19H,1,5-13,15H2,2-3H3;5,8-9,13,16-18H,6-7H2,1-4H3;3,6H,4H2,1-2H3/b17-16-;10-8-,12-5+,15-11-;5-3+. The van der Waals surface area contributed by atoms with Crippen molar-refractivity contribution in [2.75, 3.05) is 33.2 Å². The smallest absolute Gasteiger partial charge is 0.243 e. The Morgan fingerprint density at radius 1 is 1.02 bits per heavy atom. The van der Waals surface area contributed by atoms with Gasteiger partial charge in [0.15, 0.2) is 6.29 Å². The molecule has 9 nitrogen and oxygen atoms in total. The Morgan fingerprint density at radius 2 is 1.69 bits per heavy atom. The van der Waals surface area contributed by atoms with Gasteiger partial charge in [-0.25, -0.2) is 0 Å². The zero-order valence-corrected chi connectivity index (χ0v) is 31.1. The number of aldehydes is 1. The van der Waals surface area contributed by atoms with Gasteiger partial charge in [0.2, 0.25) is 5.78 Å². The molecule has 0 bridgehead atoms. The van der Waals surface area contributed by atoms with Gasteiger partial charge in [-0.2, -0.15) is 5.26 Å². The lowest BCUT2D eigenvalue weighted by Gasteiger charge is -2.44. The predicted molar refractivity (Wildman–Crippen MR) is 199 cm³/mol. The second-order valence-electron chi connectivity index (χ2n) is 12.7. The highest BCUT2D eigenvalue weighted by Gasteiger charge is 2.30. The molecule has 2 heterocycles. The normalized spacial score (nSPS) is 20.7. The van der Waals surface area contributed by atoms with Gasteiger partial charge >= 0.3 is 0 Å². The van der Waals surface area contributed by atoms with Gasteiger partial charge < -0.3 is 21.1 Å². The van der Waals surface area contributed by atoms with Crippen LogP contribution in [0.15, 0.2) is 70.6 Å². The monoisotopic (exact) mass is 665 g/mol. The summed E-state index contributed by atoms with van der Waals surface area (Å²) >= 11 is 0. The molecule has 1 aliphatic carbocycles. The van der Waals surface area contributed by atoms with Crippen LogP contribution in [-0.4, -0.2) is 78.3 Å². The van der Waals surface area contributed by atoms with Gasteiger partial charge in [-0.05, 0) is 117 Å². The summed E-state index contributed by atoms with van der Waals surface area (Å²) in [5, 5.41) is 26.9. The first-order valence-corrected chi connectivity index (χ1v) is 17.8. The minimum absolute atomic E-state index is 0.306. The molecule has 4 N–H and O–H groups in total. The van der Waals surface area contributed by atoms with Crippen LogP contribution >= 0.6 is 0 Å². The molecule has 0 aromatic carbocycles. The highest BCUT2D eigenvalue weighted by atomic mass is 16.3. The number of nitrogens with zero attached hydrogens (tertiary/aromatic N) is 3. The summed E-state index contributed by atoms with van der Waals surface area (Å²) < 4.78 is 0. The van der Waals surface area contributed by atoms with E-state index < -0.39 is 5.78 Å². The van der Waals surface area contributed by atoms with E-state index in [1.165, 1.54) is 45.1 Å². The first-order valence-electron chi connectivity index (χ1n) is 17.8. The first-order chi connectivity index (χ1) is 23.0. The number of allylic oxidation sites excluding steroid dienone is 8. The molecule has 2 aliphatic heterocycles. The third kappa shape index (κ3) is 15.5. The van der Waals surface area contributed by atoms with Crippen molar-refractivity contribution >= 4 is 12.1 Å². The Morgan fingerprint density at radius 3 is 2.15 bits per heavy atom.